The summed E-state index contributed by atoms with van der Waals surface area (Å²) in [7, 11) is 0. The second-order valence-corrected chi connectivity index (χ2v) is 4.32. The molecule has 2 aliphatic heterocycles. The lowest BCUT2D eigenvalue weighted by atomic mass is 10.2. The fourth-order valence-electron chi connectivity index (χ4n) is 1.74. The van der Waals surface area contributed by atoms with E-state index >= 15 is 0 Å². The van der Waals surface area contributed by atoms with Gasteiger partial charge in [0.1, 0.15) is 0 Å². The molecule has 0 aromatic carbocycles. The number of urea groups is 1. The van der Waals surface area contributed by atoms with Crippen LogP contribution in [0.4, 0.5) is 4.79 Å². The molecule has 0 aromatic rings. The molecule has 0 spiro atoms. The summed E-state index contributed by atoms with van der Waals surface area (Å²) in [4.78, 5) is 13.0. The number of aliphatic hydroxyl groups is 1. The molecule has 2 aliphatic rings. The molecule has 0 radical (unpaired) electrons. The Morgan fingerprint density at radius 1 is 1.75 bits per heavy atom. The molecule has 88 valence electrons. The van der Waals surface area contributed by atoms with Crippen molar-refractivity contribution < 1.29 is 14.6 Å². The summed E-state index contributed by atoms with van der Waals surface area (Å²) >= 11 is 6.07. The number of carbonyl (C=O) groups excluding carboxylic acids is 1. The fourth-order valence-corrected chi connectivity index (χ4v) is 2.12. The van der Waals surface area contributed by atoms with Crippen molar-refractivity contribution in [3.8, 4) is 0 Å². The molecule has 1 fully saturated rings. The Morgan fingerprint density at radius 2 is 2.50 bits per heavy atom. The number of hydrogen-bond donors (Lipinski definition) is 2. The third kappa shape index (κ3) is 2.07. The zero-order valence-corrected chi connectivity index (χ0v) is 9.35. The van der Waals surface area contributed by atoms with E-state index < -0.39 is 6.23 Å². The Balaban J connectivity index is 2.10. The van der Waals surface area contributed by atoms with Gasteiger partial charge in [0.2, 0.25) is 0 Å². The van der Waals surface area contributed by atoms with Crippen LogP contribution in [0.1, 0.15) is 6.42 Å². The lowest BCUT2D eigenvalue weighted by Crippen LogP contribution is -2.47. The van der Waals surface area contributed by atoms with E-state index in [4.69, 9.17) is 21.4 Å². The fraction of sp³-hybridized carbons (Fsp3) is 0.500. The Bertz CT molecular complexity index is 345. The molecule has 3 atom stereocenters. The number of ether oxygens (including phenoxy) is 1. The van der Waals surface area contributed by atoms with Gasteiger partial charge in [-0.3, -0.25) is 4.90 Å². The van der Waals surface area contributed by atoms with E-state index in [-0.39, 0.29) is 24.1 Å². The first-order chi connectivity index (χ1) is 7.61. The minimum Gasteiger partial charge on any atom is -0.394 e. The van der Waals surface area contributed by atoms with Crippen LogP contribution in [0, 0.1) is 0 Å². The number of rotatable bonds is 2. The first kappa shape index (κ1) is 11.4. The molecule has 2 N–H and O–H groups in total. The Hall–Kier alpha value is -1.04. The van der Waals surface area contributed by atoms with E-state index in [1.807, 2.05) is 0 Å². The SMILES string of the molecule is C=C1C=CN([C@@H]2O[C@H](CO)C[C@@H]2Cl)C(=O)N1. The molecule has 0 aliphatic carbocycles. The van der Waals surface area contributed by atoms with Gasteiger partial charge in [-0.05, 0) is 12.5 Å². The number of allylic oxidation sites excluding steroid dienone is 1. The molecule has 0 saturated carbocycles. The van der Waals surface area contributed by atoms with Crippen LogP contribution < -0.4 is 5.32 Å². The van der Waals surface area contributed by atoms with Gasteiger partial charge in [0.25, 0.3) is 0 Å². The number of amides is 2. The molecular weight excluding hydrogens is 232 g/mol. The molecule has 2 amide bonds. The normalized spacial score (nSPS) is 34.4. The molecule has 0 unspecified atom stereocenters. The lowest BCUT2D eigenvalue weighted by Gasteiger charge is -2.29. The van der Waals surface area contributed by atoms with Crippen LogP contribution in [-0.4, -0.2) is 40.4 Å². The number of alkyl halides is 1. The highest BCUT2D eigenvalue weighted by Crippen LogP contribution is 2.28. The van der Waals surface area contributed by atoms with Crippen molar-refractivity contribution in [2.24, 2.45) is 0 Å². The van der Waals surface area contributed by atoms with Crippen LogP contribution in [-0.2, 0) is 4.74 Å². The number of nitrogens with zero attached hydrogens (tertiary/aromatic N) is 1. The van der Waals surface area contributed by atoms with Crippen molar-refractivity contribution in [1.82, 2.24) is 10.2 Å². The second-order valence-electron chi connectivity index (χ2n) is 3.76. The van der Waals surface area contributed by atoms with Crippen LogP contribution in [0.2, 0.25) is 0 Å². The van der Waals surface area contributed by atoms with Crippen LogP contribution in [0.15, 0.2) is 24.6 Å². The van der Waals surface area contributed by atoms with Crippen LogP contribution in [0.3, 0.4) is 0 Å². The van der Waals surface area contributed by atoms with Gasteiger partial charge in [-0.2, -0.15) is 0 Å². The van der Waals surface area contributed by atoms with Crippen molar-refractivity contribution >= 4 is 17.6 Å². The van der Waals surface area contributed by atoms with Gasteiger partial charge < -0.3 is 15.2 Å². The minimum absolute atomic E-state index is 0.0917. The summed E-state index contributed by atoms with van der Waals surface area (Å²) in [5.41, 5.74) is 0.532. The Labute approximate surface area is 98.3 Å². The molecular formula is C10H13ClN2O3. The molecule has 5 nitrogen and oxygen atoms in total. The third-order valence-corrected chi connectivity index (χ3v) is 2.94. The van der Waals surface area contributed by atoms with E-state index in [0.717, 1.165) is 0 Å². The van der Waals surface area contributed by atoms with Crippen molar-refractivity contribution in [2.45, 2.75) is 24.1 Å². The maximum atomic E-state index is 11.6. The average Bonchev–Trinajstić information content (AvgIpc) is 2.60. The van der Waals surface area contributed by atoms with Crippen molar-refractivity contribution in [3.05, 3.63) is 24.6 Å². The molecule has 6 heteroatoms. The Kier molecular flexibility index (Phi) is 3.18. The predicted octanol–water partition coefficient (Wildman–Crippen LogP) is 0.754. The molecule has 2 rings (SSSR count). The zero-order chi connectivity index (χ0) is 11.7. The highest BCUT2D eigenvalue weighted by Gasteiger charge is 2.39. The first-order valence-corrected chi connectivity index (χ1v) is 5.42. The number of aliphatic hydroxyl groups excluding tert-OH is 1. The molecule has 0 bridgehead atoms. The minimum atomic E-state index is -0.539. The number of nitrogens with one attached hydrogen (secondary N) is 1. The van der Waals surface area contributed by atoms with Gasteiger partial charge in [0.15, 0.2) is 6.23 Å². The highest BCUT2D eigenvalue weighted by molar-refractivity contribution is 6.21. The van der Waals surface area contributed by atoms with Crippen molar-refractivity contribution in [3.63, 3.8) is 0 Å². The number of carbonyl (C=O) groups is 1. The van der Waals surface area contributed by atoms with Gasteiger partial charge in [0.05, 0.1) is 18.1 Å². The summed E-state index contributed by atoms with van der Waals surface area (Å²) < 4.78 is 5.47. The van der Waals surface area contributed by atoms with Gasteiger partial charge >= 0.3 is 6.03 Å². The second kappa shape index (κ2) is 4.45. The van der Waals surface area contributed by atoms with E-state index in [9.17, 15) is 4.79 Å². The van der Waals surface area contributed by atoms with E-state index in [0.29, 0.717) is 12.1 Å². The first-order valence-electron chi connectivity index (χ1n) is 4.98. The topological polar surface area (TPSA) is 61.8 Å². The maximum absolute atomic E-state index is 11.6. The molecule has 16 heavy (non-hydrogen) atoms. The average molecular weight is 245 g/mol. The van der Waals surface area contributed by atoms with Gasteiger partial charge in [0, 0.05) is 11.9 Å². The van der Waals surface area contributed by atoms with Crippen LogP contribution >= 0.6 is 11.6 Å². The standard InChI is InChI=1S/C10H13ClN2O3/c1-6-2-3-13(10(15)12-6)9-8(11)4-7(5-14)16-9/h2-3,7-9,14H,1,4-5H2,(H,12,15)/t7-,8-,9+/m0/s1. The van der Waals surface area contributed by atoms with Crippen LogP contribution in [0.25, 0.3) is 0 Å². The summed E-state index contributed by atoms with van der Waals surface area (Å²) in [5, 5.41) is 11.2. The monoisotopic (exact) mass is 244 g/mol. The quantitative estimate of drug-likeness (QED) is 0.705. The van der Waals surface area contributed by atoms with Gasteiger partial charge in [-0.15, -0.1) is 11.6 Å². The number of hydrogen-bond acceptors (Lipinski definition) is 3. The van der Waals surface area contributed by atoms with Crippen LogP contribution in [0.5, 0.6) is 0 Å². The van der Waals surface area contributed by atoms with Gasteiger partial charge in [-0.1, -0.05) is 6.58 Å². The van der Waals surface area contributed by atoms with E-state index in [1.165, 1.54) is 4.90 Å². The summed E-state index contributed by atoms with van der Waals surface area (Å²) in [5.74, 6) is 0. The van der Waals surface area contributed by atoms with Crippen molar-refractivity contribution in [1.29, 1.82) is 0 Å². The lowest BCUT2D eigenvalue weighted by molar-refractivity contribution is -0.0355. The van der Waals surface area contributed by atoms with E-state index in [2.05, 4.69) is 11.9 Å². The summed E-state index contributed by atoms with van der Waals surface area (Å²) in [6.45, 7) is 3.52. The molecule has 0 aromatic heterocycles. The number of halogens is 1. The molecule has 2 heterocycles. The Morgan fingerprint density at radius 3 is 3.06 bits per heavy atom. The zero-order valence-electron chi connectivity index (χ0n) is 8.60. The maximum Gasteiger partial charge on any atom is 0.328 e. The van der Waals surface area contributed by atoms with E-state index in [1.54, 1.807) is 12.3 Å². The largest absolute Gasteiger partial charge is 0.394 e. The summed E-state index contributed by atoms with van der Waals surface area (Å²) in [6.07, 6.45) is 2.94. The highest BCUT2D eigenvalue weighted by atomic mass is 35.5. The third-order valence-electron chi connectivity index (χ3n) is 2.55. The predicted molar refractivity (Wildman–Crippen MR) is 58.7 cm³/mol. The smallest absolute Gasteiger partial charge is 0.328 e. The van der Waals surface area contributed by atoms with Crippen molar-refractivity contribution in [2.75, 3.05) is 6.61 Å². The van der Waals surface area contributed by atoms with Gasteiger partial charge in [-0.25, -0.2) is 4.79 Å². The summed E-state index contributed by atoms with van der Waals surface area (Å²) in [6, 6.07) is -0.318. The molecule has 1 saturated heterocycles.